The zero-order chi connectivity index (χ0) is 17.8. The Morgan fingerprint density at radius 2 is 1.32 bits per heavy atom. The van der Waals surface area contributed by atoms with Gasteiger partial charge in [0.15, 0.2) is 17.3 Å². The normalized spacial score (nSPS) is 10.5. The second kappa shape index (κ2) is 12.9. The molecular formula is C15H28O6Ti. The molecule has 0 aliphatic carbocycles. The third-order valence-electron chi connectivity index (χ3n) is 3.59. The summed E-state index contributed by atoms with van der Waals surface area (Å²) < 4.78 is 23.2. The van der Waals surface area contributed by atoms with Gasteiger partial charge in [0.2, 0.25) is 0 Å². The zero-order valence-corrected chi connectivity index (χ0v) is 15.5. The van der Waals surface area contributed by atoms with Gasteiger partial charge in [0, 0.05) is 6.42 Å². The Labute approximate surface area is 139 Å². The molecule has 0 aromatic carbocycles. The van der Waals surface area contributed by atoms with Crippen LogP contribution < -0.4 is 0 Å². The summed E-state index contributed by atoms with van der Waals surface area (Å²) in [4.78, 5) is 36.0. The predicted molar refractivity (Wildman–Crippen MR) is 77.6 cm³/mol. The SMILES string of the molecule is CCCCCC(=O)C(CCCC)(C(C)=O)C(C)=O.[O]=[Ti]([OH])[OH]. The average Bonchev–Trinajstić information content (AvgIpc) is 2.38. The minimum atomic E-state index is -3.58. The predicted octanol–water partition coefficient (Wildman–Crippen LogP) is 2.26. The maximum absolute atomic E-state index is 12.3. The summed E-state index contributed by atoms with van der Waals surface area (Å²) >= 11 is -3.58. The van der Waals surface area contributed by atoms with Crippen molar-refractivity contribution in [1.29, 1.82) is 0 Å². The number of rotatable bonds is 10. The molecule has 128 valence electrons. The molecule has 0 fully saturated rings. The van der Waals surface area contributed by atoms with Gasteiger partial charge in [-0.3, -0.25) is 14.4 Å². The van der Waals surface area contributed by atoms with Crippen LogP contribution in [-0.2, 0) is 36.3 Å². The van der Waals surface area contributed by atoms with E-state index in [1.165, 1.54) is 13.8 Å². The summed E-state index contributed by atoms with van der Waals surface area (Å²) in [6.07, 6.45) is 5.09. The molecule has 0 bridgehead atoms. The zero-order valence-electron chi connectivity index (χ0n) is 14.0. The molecule has 0 unspecified atom stereocenters. The fourth-order valence-electron chi connectivity index (χ4n) is 2.32. The molecule has 22 heavy (non-hydrogen) atoms. The van der Waals surface area contributed by atoms with Gasteiger partial charge in [0.1, 0.15) is 5.41 Å². The molecule has 0 atom stereocenters. The molecule has 0 aliphatic heterocycles. The van der Waals surface area contributed by atoms with Crippen molar-refractivity contribution in [2.24, 2.45) is 5.41 Å². The monoisotopic (exact) mass is 352 g/mol. The van der Waals surface area contributed by atoms with Crippen molar-refractivity contribution in [1.82, 2.24) is 0 Å². The number of hydrogen-bond acceptors (Lipinski definition) is 4. The van der Waals surface area contributed by atoms with Gasteiger partial charge < -0.3 is 0 Å². The maximum atomic E-state index is 12.3. The van der Waals surface area contributed by atoms with Crippen LogP contribution in [0.5, 0.6) is 0 Å². The molecule has 7 heteroatoms. The van der Waals surface area contributed by atoms with Gasteiger partial charge >= 0.3 is 29.3 Å². The molecule has 0 aromatic rings. The van der Waals surface area contributed by atoms with E-state index in [4.69, 9.17) is 10.7 Å². The first-order chi connectivity index (χ1) is 10.2. The van der Waals surface area contributed by atoms with Crippen LogP contribution in [0.1, 0.15) is 72.6 Å². The van der Waals surface area contributed by atoms with E-state index in [2.05, 4.69) is 6.92 Å². The first-order valence-electron chi connectivity index (χ1n) is 7.64. The van der Waals surface area contributed by atoms with Crippen molar-refractivity contribution in [3.05, 3.63) is 0 Å². The minimum absolute atomic E-state index is 0.176. The summed E-state index contributed by atoms with van der Waals surface area (Å²) in [6.45, 7) is 6.79. The van der Waals surface area contributed by atoms with E-state index < -0.39 is 24.0 Å². The van der Waals surface area contributed by atoms with Crippen LogP contribution in [0.2, 0.25) is 0 Å². The molecule has 6 nitrogen and oxygen atoms in total. The van der Waals surface area contributed by atoms with Crippen molar-refractivity contribution >= 4 is 17.3 Å². The van der Waals surface area contributed by atoms with Crippen molar-refractivity contribution in [3.8, 4) is 0 Å². The van der Waals surface area contributed by atoms with E-state index in [1.807, 2.05) is 6.92 Å². The molecule has 0 saturated heterocycles. The van der Waals surface area contributed by atoms with Crippen molar-refractivity contribution in [3.63, 3.8) is 0 Å². The first-order valence-corrected chi connectivity index (χ1v) is 9.67. The van der Waals surface area contributed by atoms with Gasteiger partial charge in [-0.15, -0.1) is 0 Å². The van der Waals surface area contributed by atoms with Crippen LogP contribution in [0.25, 0.3) is 0 Å². The van der Waals surface area contributed by atoms with Crippen molar-refractivity contribution in [2.75, 3.05) is 0 Å². The molecule has 0 radical (unpaired) electrons. The van der Waals surface area contributed by atoms with E-state index >= 15 is 0 Å². The molecule has 0 spiro atoms. The van der Waals surface area contributed by atoms with Crippen molar-refractivity contribution in [2.45, 2.75) is 72.6 Å². The van der Waals surface area contributed by atoms with Crippen LogP contribution in [0.3, 0.4) is 0 Å². The number of ketones is 3. The van der Waals surface area contributed by atoms with Gasteiger partial charge in [0.05, 0.1) is 0 Å². The van der Waals surface area contributed by atoms with E-state index in [9.17, 15) is 14.4 Å². The second-order valence-corrected chi connectivity index (χ2v) is 6.17. The molecule has 0 aliphatic rings. The summed E-state index contributed by atoms with van der Waals surface area (Å²) in [5, 5.41) is 0. The molecule has 0 rings (SSSR count). The van der Waals surface area contributed by atoms with Gasteiger partial charge in [-0.05, 0) is 26.7 Å². The molecule has 0 heterocycles. The number of Topliss-reactive ketones (excluding diaryl/α,β-unsaturated/α-hetero) is 3. The summed E-state index contributed by atoms with van der Waals surface area (Å²) in [7, 11) is 0. The summed E-state index contributed by atoms with van der Waals surface area (Å²) in [6, 6.07) is 0. The fraction of sp³-hybridized carbons (Fsp3) is 0.800. The summed E-state index contributed by atoms with van der Waals surface area (Å²) in [5.74, 6) is -0.751. The van der Waals surface area contributed by atoms with Crippen LogP contribution >= 0.6 is 0 Å². The van der Waals surface area contributed by atoms with Gasteiger partial charge in [-0.25, -0.2) is 0 Å². The molecule has 0 amide bonds. The Bertz CT molecular complexity index is 373. The Morgan fingerprint density at radius 3 is 1.64 bits per heavy atom. The molecule has 2 N–H and O–H groups in total. The second-order valence-electron chi connectivity index (χ2n) is 5.28. The van der Waals surface area contributed by atoms with Crippen LogP contribution in [0.4, 0.5) is 0 Å². The van der Waals surface area contributed by atoms with Crippen LogP contribution in [0.15, 0.2) is 0 Å². The van der Waals surface area contributed by atoms with E-state index in [0.29, 0.717) is 12.8 Å². The van der Waals surface area contributed by atoms with Gasteiger partial charge in [-0.2, -0.15) is 0 Å². The van der Waals surface area contributed by atoms with E-state index in [1.54, 1.807) is 0 Å². The van der Waals surface area contributed by atoms with Crippen LogP contribution in [0, 0.1) is 5.41 Å². The van der Waals surface area contributed by atoms with E-state index in [0.717, 1.165) is 32.1 Å². The quantitative estimate of drug-likeness (QED) is 0.355. The fourth-order valence-corrected chi connectivity index (χ4v) is 2.32. The molecule has 0 aromatic heterocycles. The Balaban J connectivity index is 0. The third-order valence-corrected chi connectivity index (χ3v) is 3.59. The van der Waals surface area contributed by atoms with Crippen molar-refractivity contribution < 1.29 is 43.7 Å². The van der Waals surface area contributed by atoms with Gasteiger partial charge in [-0.1, -0.05) is 39.5 Å². The Hall–Kier alpha value is -0.556. The van der Waals surface area contributed by atoms with Crippen LogP contribution in [-0.4, -0.2) is 24.7 Å². The first kappa shape index (κ1) is 23.7. The Morgan fingerprint density at radius 1 is 0.909 bits per heavy atom. The molecular weight excluding hydrogens is 324 g/mol. The topological polar surface area (TPSA) is 109 Å². The van der Waals surface area contributed by atoms with Gasteiger partial charge in [0.25, 0.3) is 0 Å². The third kappa shape index (κ3) is 8.78. The number of unbranched alkanes of at least 4 members (excludes halogenated alkanes) is 3. The Kier molecular flexibility index (Phi) is 13.9. The van der Waals surface area contributed by atoms with E-state index in [-0.39, 0.29) is 17.3 Å². The number of carbonyl (C=O) groups excluding carboxylic acids is 3. The average molecular weight is 352 g/mol. The standard InChI is InChI=1S/C15H26O3.2H2O.O.Ti/c1-5-7-9-10-14(18)15(12(3)16,13(4)17)11-8-6-2;;;;/h5-11H2,1-4H3;2*1H2;;/q;;;;+2/p-2. The number of hydrogen-bond donors (Lipinski definition) is 2. The molecule has 0 saturated carbocycles. The number of carbonyl (C=O) groups is 3. The summed E-state index contributed by atoms with van der Waals surface area (Å²) in [5.41, 5.74) is -1.36.